The van der Waals surface area contributed by atoms with E-state index in [-0.39, 0.29) is 12.2 Å². The van der Waals surface area contributed by atoms with Crippen molar-refractivity contribution in [1.29, 1.82) is 0 Å². The second kappa shape index (κ2) is 7.69. The van der Waals surface area contributed by atoms with Crippen molar-refractivity contribution in [3.8, 4) is 0 Å². The van der Waals surface area contributed by atoms with Gasteiger partial charge >= 0.3 is 7.12 Å². The maximum Gasteiger partial charge on any atom is 0.494 e. The number of hydrogen-bond donors (Lipinski definition) is 0. The molecule has 26 heavy (non-hydrogen) atoms. The van der Waals surface area contributed by atoms with Crippen LogP contribution in [0.15, 0.2) is 84.9 Å². The van der Waals surface area contributed by atoms with Gasteiger partial charge in [0.15, 0.2) is 0 Å². The van der Waals surface area contributed by atoms with Gasteiger partial charge < -0.3 is 9.31 Å². The smallest absolute Gasteiger partial charge is 0.400 e. The van der Waals surface area contributed by atoms with Gasteiger partial charge in [-0.3, -0.25) is 4.79 Å². The van der Waals surface area contributed by atoms with Gasteiger partial charge in [-0.25, -0.2) is 0 Å². The molecule has 1 fully saturated rings. The van der Waals surface area contributed by atoms with Gasteiger partial charge in [-0.15, -0.1) is 0 Å². The molecule has 2 unspecified atom stereocenters. The Morgan fingerprint density at radius 3 is 1.69 bits per heavy atom. The van der Waals surface area contributed by atoms with Crippen LogP contribution in [0.3, 0.4) is 0 Å². The highest BCUT2D eigenvalue weighted by atomic mass is 16.6. The Morgan fingerprint density at radius 2 is 1.23 bits per heavy atom. The van der Waals surface area contributed by atoms with E-state index < -0.39 is 7.12 Å². The maximum atomic E-state index is 10.9. The first-order chi connectivity index (χ1) is 12.8. The SMILES string of the molecule is O=Cc1ccc(B2OC(c3ccccc3)CC(c3ccccc3)O2)cc1. The number of carbonyl (C=O) groups excluding carboxylic acids is 1. The van der Waals surface area contributed by atoms with E-state index in [1.807, 2.05) is 48.5 Å². The molecular weight excluding hydrogens is 323 g/mol. The summed E-state index contributed by atoms with van der Waals surface area (Å²) in [6.45, 7) is 0. The molecule has 0 aliphatic carbocycles. The van der Waals surface area contributed by atoms with Crippen molar-refractivity contribution in [3.63, 3.8) is 0 Å². The minimum atomic E-state index is -0.472. The largest absolute Gasteiger partial charge is 0.494 e. The lowest BCUT2D eigenvalue weighted by Crippen LogP contribution is -2.43. The van der Waals surface area contributed by atoms with E-state index in [0.29, 0.717) is 5.56 Å². The zero-order chi connectivity index (χ0) is 17.8. The number of aldehydes is 1. The van der Waals surface area contributed by atoms with Crippen LogP contribution in [0.4, 0.5) is 0 Å². The first-order valence-electron chi connectivity index (χ1n) is 8.79. The van der Waals surface area contributed by atoms with Gasteiger partial charge in [0.1, 0.15) is 6.29 Å². The van der Waals surface area contributed by atoms with E-state index in [4.69, 9.17) is 9.31 Å². The molecule has 2 atom stereocenters. The lowest BCUT2D eigenvalue weighted by molar-refractivity contribution is 0.0206. The van der Waals surface area contributed by atoms with Crippen LogP contribution in [0.1, 0.15) is 40.1 Å². The molecular formula is C22H19BO3. The molecule has 1 heterocycles. The van der Waals surface area contributed by atoms with E-state index in [1.54, 1.807) is 12.1 Å². The second-order valence-corrected chi connectivity index (χ2v) is 6.42. The molecule has 0 N–H and O–H groups in total. The van der Waals surface area contributed by atoms with Gasteiger partial charge in [0, 0.05) is 12.0 Å². The summed E-state index contributed by atoms with van der Waals surface area (Å²) in [5.41, 5.74) is 3.85. The highest BCUT2D eigenvalue weighted by Gasteiger charge is 2.36. The van der Waals surface area contributed by atoms with E-state index in [9.17, 15) is 4.79 Å². The van der Waals surface area contributed by atoms with Crippen LogP contribution < -0.4 is 5.46 Å². The third-order valence-electron chi connectivity index (χ3n) is 4.69. The van der Waals surface area contributed by atoms with Gasteiger partial charge in [0.2, 0.25) is 0 Å². The summed E-state index contributed by atoms with van der Waals surface area (Å²) in [5.74, 6) is 0. The summed E-state index contributed by atoms with van der Waals surface area (Å²) in [5, 5.41) is 0. The third kappa shape index (κ3) is 3.62. The Morgan fingerprint density at radius 1 is 0.731 bits per heavy atom. The van der Waals surface area contributed by atoms with Crippen LogP contribution in [0.2, 0.25) is 0 Å². The van der Waals surface area contributed by atoms with Crippen LogP contribution in [-0.4, -0.2) is 13.4 Å². The highest BCUT2D eigenvalue weighted by molar-refractivity contribution is 6.61. The standard InChI is InChI=1S/C22H19BO3/c24-16-17-11-13-20(14-12-17)23-25-21(18-7-3-1-4-8-18)15-22(26-23)19-9-5-2-6-10-19/h1-14,16,21-22H,15H2. The fourth-order valence-corrected chi connectivity index (χ4v) is 3.29. The number of rotatable bonds is 4. The average molecular weight is 342 g/mol. The average Bonchev–Trinajstić information content (AvgIpc) is 2.75. The fraction of sp³-hybridized carbons (Fsp3) is 0.136. The van der Waals surface area contributed by atoms with Crippen molar-refractivity contribution in [2.45, 2.75) is 18.6 Å². The van der Waals surface area contributed by atoms with E-state index in [2.05, 4.69) is 24.3 Å². The minimum Gasteiger partial charge on any atom is -0.400 e. The Balaban J connectivity index is 1.65. The lowest BCUT2D eigenvalue weighted by Gasteiger charge is -2.35. The lowest BCUT2D eigenvalue weighted by atomic mass is 9.75. The summed E-state index contributed by atoms with van der Waals surface area (Å²) in [6, 6.07) is 27.8. The van der Waals surface area contributed by atoms with Crippen LogP contribution in [0.5, 0.6) is 0 Å². The Labute approximate surface area is 153 Å². The molecule has 0 radical (unpaired) electrons. The van der Waals surface area contributed by atoms with E-state index >= 15 is 0 Å². The highest BCUT2D eigenvalue weighted by Crippen LogP contribution is 2.37. The molecule has 128 valence electrons. The van der Waals surface area contributed by atoms with Crippen molar-refractivity contribution < 1.29 is 14.1 Å². The zero-order valence-electron chi connectivity index (χ0n) is 14.3. The first-order valence-corrected chi connectivity index (χ1v) is 8.79. The molecule has 0 spiro atoms. The Bertz CT molecular complexity index is 802. The molecule has 3 aromatic carbocycles. The van der Waals surface area contributed by atoms with E-state index in [0.717, 1.165) is 29.3 Å². The summed E-state index contributed by atoms with van der Waals surface area (Å²) in [4.78, 5) is 10.9. The van der Waals surface area contributed by atoms with E-state index in [1.165, 1.54) is 0 Å². The Hall–Kier alpha value is -2.69. The first kappa shape index (κ1) is 16.8. The summed E-state index contributed by atoms with van der Waals surface area (Å²) < 4.78 is 12.5. The minimum absolute atomic E-state index is 0.0501. The molecule has 4 heteroatoms. The van der Waals surface area contributed by atoms with Crippen molar-refractivity contribution >= 4 is 18.9 Å². The third-order valence-corrected chi connectivity index (χ3v) is 4.69. The molecule has 0 bridgehead atoms. The molecule has 3 aromatic rings. The Kier molecular flexibility index (Phi) is 4.96. The number of benzene rings is 3. The number of carbonyl (C=O) groups is 1. The molecule has 1 saturated heterocycles. The summed E-state index contributed by atoms with van der Waals surface area (Å²) >= 11 is 0. The van der Waals surface area contributed by atoms with Crippen LogP contribution in [0.25, 0.3) is 0 Å². The quantitative estimate of drug-likeness (QED) is 0.529. The van der Waals surface area contributed by atoms with Gasteiger partial charge in [0.25, 0.3) is 0 Å². The van der Waals surface area contributed by atoms with Crippen LogP contribution in [0, 0.1) is 0 Å². The van der Waals surface area contributed by atoms with Crippen molar-refractivity contribution in [2.24, 2.45) is 0 Å². The molecule has 3 nitrogen and oxygen atoms in total. The van der Waals surface area contributed by atoms with Gasteiger partial charge in [-0.05, 0) is 16.6 Å². The van der Waals surface area contributed by atoms with Crippen LogP contribution >= 0.6 is 0 Å². The van der Waals surface area contributed by atoms with Crippen molar-refractivity contribution in [2.75, 3.05) is 0 Å². The fourth-order valence-electron chi connectivity index (χ4n) is 3.29. The zero-order valence-corrected chi connectivity index (χ0v) is 14.3. The van der Waals surface area contributed by atoms with Crippen molar-refractivity contribution in [3.05, 3.63) is 102 Å². The molecule has 0 saturated carbocycles. The van der Waals surface area contributed by atoms with Gasteiger partial charge in [-0.1, -0.05) is 84.9 Å². The summed E-state index contributed by atoms with van der Waals surface area (Å²) in [6.07, 6.45) is 1.50. The molecule has 4 rings (SSSR count). The predicted molar refractivity (Wildman–Crippen MR) is 102 cm³/mol. The summed E-state index contributed by atoms with van der Waals surface area (Å²) in [7, 11) is -0.472. The topological polar surface area (TPSA) is 35.5 Å². The van der Waals surface area contributed by atoms with Gasteiger partial charge in [0.05, 0.1) is 12.2 Å². The van der Waals surface area contributed by atoms with Crippen LogP contribution in [-0.2, 0) is 9.31 Å². The maximum absolute atomic E-state index is 10.9. The number of hydrogen-bond acceptors (Lipinski definition) is 3. The van der Waals surface area contributed by atoms with Crippen molar-refractivity contribution in [1.82, 2.24) is 0 Å². The normalized spacial score (nSPS) is 19.9. The van der Waals surface area contributed by atoms with Gasteiger partial charge in [-0.2, -0.15) is 0 Å². The predicted octanol–water partition coefficient (Wildman–Crippen LogP) is 4.11. The molecule has 0 amide bonds. The molecule has 1 aliphatic rings. The second-order valence-electron chi connectivity index (χ2n) is 6.42. The molecule has 0 aromatic heterocycles. The monoisotopic (exact) mass is 342 g/mol. The molecule has 1 aliphatic heterocycles.